The van der Waals surface area contributed by atoms with Crippen molar-refractivity contribution in [2.75, 3.05) is 6.61 Å². The molecule has 0 aromatic heterocycles. The van der Waals surface area contributed by atoms with Gasteiger partial charge in [-0.05, 0) is 13.8 Å². The fraction of sp³-hybridized carbons (Fsp3) is 0.600. The molecule has 1 aromatic rings. The molecule has 4 heteroatoms. The van der Waals surface area contributed by atoms with E-state index in [1.54, 1.807) is 0 Å². The molecule has 1 aromatic carbocycles. The van der Waals surface area contributed by atoms with E-state index in [-0.39, 0.29) is 24.7 Å². The second kappa shape index (κ2) is 4.57. The molecular formula is C15H19ClO3. The van der Waals surface area contributed by atoms with E-state index in [1.807, 2.05) is 20.8 Å². The molecule has 0 aliphatic carbocycles. The SMILES string of the molecule is CC1Cc2c(c(Cl)c3c(c2C(C)CO)OC(C)C3)O1. The van der Waals surface area contributed by atoms with E-state index in [1.165, 1.54) is 0 Å². The maximum Gasteiger partial charge on any atom is 0.142 e. The first-order valence-electron chi connectivity index (χ1n) is 6.84. The molecule has 0 saturated heterocycles. The van der Waals surface area contributed by atoms with Crippen LogP contribution in [-0.4, -0.2) is 23.9 Å². The first kappa shape index (κ1) is 13.1. The van der Waals surface area contributed by atoms with Gasteiger partial charge in [0.2, 0.25) is 0 Å². The van der Waals surface area contributed by atoms with Gasteiger partial charge in [-0.3, -0.25) is 0 Å². The van der Waals surface area contributed by atoms with Crippen molar-refractivity contribution in [1.29, 1.82) is 0 Å². The Morgan fingerprint density at radius 2 is 1.74 bits per heavy atom. The first-order chi connectivity index (χ1) is 9.02. The maximum atomic E-state index is 9.52. The molecule has 104 valence electrons. The Hall–Kier alpha value is -0.930. The van der Waals surface area contributed by atoms with Gasteiger partial charge in [0, 0.05) is 42.1 Å². The van der Waals surface area contributed by atoms with Crippen LogP contribution in [0.4, 0.5) is 0 Å². The summed E-state index contributed by atoms with van der Waals surface area (Å²) in [5, 5.41) is 10.2. The Morgan fingerprint density at radius 3 is 2.37 bits per heavy atom. The summed E-state index contributed by atoms with van der Waals surface area (Å²) >= 11 is 6.48. The Balaban J connectivity index is 2.23. The van der Waals surface area contributed by atoms with Crippen molar-refractivity contribution in [3.63, 3.8) is 0 Å². The van der Waals surface area contributed by atoms with Crippen molar-refractivity contribution in [2.45, 2.75) is 51.7 Å². The minimum atomic E-state index is 0.0407. The van der Waals surface area contributed by atoms with Crippen molar-refractivity contribution in [2.24, 2.45) is 0 Å². The Bertz CT molecular complexity index is 488. The predicted octanol–water partition coefficient (Wildman–Crippen LogP) is 3.08. The quantitative estimate of drug-likeness (QED) is 0.906. The number of benzene rings is 1. The van der Waals surface area contributed by atoms with Gasteiger partial charge in [-0.1, -0.05) is 18.5 Å². The van der Waals surface area contributed by atoms with Gasteiger partial charge in [0.25, 0.3) is 0 Å². The molecule has 2 aliphatic rings. The summed E-state index contributed by atoms with van der Waals surface area (Å²) in [4.78, 5) is 0. The molecule has 0 saturated carbocycles. The number of rotatable bonds is 2. The summed E-state index contributed by atoms with van der Waals surface area (Å²) in [6.07, 6.45) is 1.92. The Kier molecular flexibility index (Phi) is 3.14. The molecule has 3 nitrogen and oxygen atoms in total. The van der Waals surface area contributed by atoms with E-state index in [2.05, 4.69) is 0 Å². The monoisotopic (exact) mass is 282 g/mol. The molecule has 1 N–H and O–H groups in total. The van der Waals surface area contributed by atoms with Crippen LogP contribution in [0.2, 0.25) is 5.02 Å². The number of hydrogen-bond acceptors (Lipinski definition) is 3. The third kappa shape index (κ3) is 1.91. The average Bonchev–Trinajstić information content (AvgIpc) is 2.92. The van der Waals surface area contributed by atoms with Crippen LogP contribution in [0.15, 0.2) is 0 Å². The van der Waals surface area contributed by atoms with Crippen LogP contribution >= 0.6 is 11.6 Å². The van der Waals surface area contributed by atoms with Crippen molar-refractivity contribution >= 4 is 11.6 Å². The lowest BCUT2D eigenvalue weighted by Gasteiger charge is -2.18. The van der Waals surface area contributed by atoms with Crippen molar-refractivity contribution in [1.82, 2.24) is 0 Å². The van der Waals surface area contributed by atoms with Crippen LogP contribution in [0.3, 0.4) is 0 Å². The molecule has 2 aliphatic heterocycles. The zero-order chi connectivity index (χ0) is 13.7. The molecular weight excluding hydrogens is 264 g/mol. The lowest BCUT2D eigenvalue weighted by Crippen LogP contribution is -2.09. The largest absolute Gasteiger partial charge is 0.490 e. The number of halogens is 1. The van der Waals surface area contributed by atoms with E-state index >= 15 is 0 Å². The van der Waals surface area contributed by atoms with Gasteiger partial charge in [-0.15, -0.1) is 0 Å². The second-order valence-corrected chi connectivity index (χ2v) is 6.07. The molecule has 0 amide bonds. The minimum absolute atomic E-state index is 0.0407. The lowest BCUT2D eigenvalue weighted by molar-refractivity contribution is 0.241. The van der Waals surface area contributed by atoms with Crippen LogP contribution in [0, 0.1) is 0 Å². The minimum Gasteiger partial charge on any atom is -0.490 e. The van der Waals surface area contributed by atoms with E-state index in [0.717, 1.165) is 41.0 Å². The van der Waals surface area contributed by atoms with Gasteiger partial charge in [0.15, 0.2) is 0 Å². The number of hydrogen-bond donors (Lipinski definition) is 1. The van der Waals surface area contributed by atoms with E-state index in [4.69, 9.17) is 21.1 Å². The summed E-state index contributed by atoms with van der Waals surface area (Å²) in [5.74, 6) is 1.73. The summed E-state index contributed by atoms with van der Waals surface area (Å²) in [5.41, 5.74) is 3.25. The number of fused-ring (bicyclic) bond motifs is 2. The van der Waals surface area contributed by atoms with Crippen molar-refractivity contribution < 1.29 is 14.6 Å². The van der Waals surface area contributed by atoms with Gasteiger partial charge < -0.3 is 14.6 Å². The molecule has 3 unspecified atom stereocenters. The summed E-state index contributed by atoms with van der Waals surface area (Å²) in [7, 11) is 0. The topological polar surface area (TPSA) is 38.7 Å². The average molecular weight is 283 g/mol. The summed E-state index contributed by atoms with van der Waals surface area (Å²) in [6, 6.07) is 0. The third-order valence-corrected chi connectivity index (χ3v) is 4.37. The molecule has 2 heterocycles. The van der Waals surface area contributed by atoms with Crippen molar-refractivity contribution in [3.05, 3.63) is 21.7 Å². The number of aliphatic hydroxyl groups excluding tert-OH is 1. The highest BCUT2D eigenvalue weighted by molar-refractivity contribution is 6.33. The molecule has 3 atom stereocenters. The summed E-state index contributed by atoms with van der Waals surface area (Å²) < 4.78 is 11.8. The van der Waals surface area contributed by atoms with Gasteiger partial charge >= 0.3 is 0 Å². The number of aliphatic hydroxyl groups is 1. The Labute approximate surface area is 118 Å². The number of ether oxygens (including phenoxy) is 2. The van der Waals surface area contributed by atoms with Crippen LogP contribution in [0.25, 0.3) is 0 Å². The zero-order valence-electron chi connectivity index (χ0n) is 11.5. The van der Waals surface area contributed by atoms with Gasteiger partial charge in [-0.25, -0.2) is 0 Å². The Morgan fingerprint density at radius 1 is 1.16 bits per heavy atom. The fourth-order valence-corrected chi connectivity index (χ4v) is 3.43. The highest BCUT2D eigenvalue weighted by Gasteiger charge is 2.36. The second-order valence-electron chi connectivity index (χ2n) is 5.69. The molecule has 0 bridgehead atoms. The normalized spacial score (nSPS) is 25.5. The van der Waals surface area contributed by atoms with Crippen LogP contribution in [0.5, 0.6) is 11.5 Å². The maximum absolute atomic E-state index is 9.52. The lowest BCUT2D eigenvalue weighted by atomic mass is 9.90. The molecule has 0 spiro atoms. The first-order valence-corrected chi connectivity index (χ1v) is 7.22. The smallest absolute Gasteiger partial charge is 0.142 e. The molecule has 0 radical (unpaired) electrons. The highest BCUT2D eigenvalue weighted by atomic mass is 35.5. The zero-order valence-corrected chi connectivity index (χ0v) is 12.3. The van der Waals surface area contributed by atoms with Gasteiger partial charge in [0.1, 0.15) is 23.7 Å². The van der Waals surface area contributed by atoms with Gasteiger partial charge in [-0.2, -0.15) is 0 Å². The van der Waals surface area contributed by atoms with Gasteiger partial charge in [0.05, 0.1) is 5.02 Å². The highest BCUT2D eigenvalue weighted by Crippen LogP contribution is 2.51. The van der Waals surface area contributed by atoms with Crippen LogP contribution in [-0.2, 0) is 12.8 Å². The van der Waals surface area contributed by atoms with Crippen LogP contribution in [0.1, 0.15) is 43.4 Å². The van der Waals surface area contributed by atoms with Crippen molar-refractivity contribution in [3.8, 4) is 11.5 Å². The van der Waals surface area contributed by atoms with E-state index in [9.17, 15) is 5.11 Å². The molecule has 3 rings (SSSR count). The van der Waals surface area contributed by atoms with E-state index < -0.39 is 0 Å². The third-order valence-electron chi connectivity index (χ3n) is 3.97. The standard InChI is InChI=1S/C15H19ClO3/c1-7(6-17)12-10-4-8(2)19-15(10)13(16)11-5-9(3)18-14(11)12/h7-9,17H,4-6H2,1-3H3. The van der Waals surface area contributed by atoms with E-state index in [0.29, 0.717) is 5.02 Å². The predicted molar refractivity (Wildman–Crippen MR) is 74.5 cm³/mol. The molecule has 19 heavy (non-hydrogen) atoms. The molecule has 0 fully saturated rings. The van der Waals surface area contributed by atoms with Crippen LogP contribution < -0.4 is 9.47 Å². The fourth-order valence-electron chi connectivity index (χ4n) is 3.11. The summed E-state index contributed by atoms with van der Waals surface area (Å²) in [6.45, 7) is 6.20.